The van der Waals surface area contributed by atoms with E-state index in [9.17, 15) is 14.7 Å². The number of carboxylic acids is 1. The molecule has 2 fully saturated rings. The van der Waals surface area contributed by atoms with Crippen LogP contribution < -0.4 is 0 Å². The third-order valence-corrected chi connectivity index (χ3v) is 5.90. The van der Waals surface area contributed by atoms with Crippen molar-refractivity contribution in [3.63, 3.8) is 0 Å². The van der Waals surface area contributed by atoms with Crippen LogP contribution in [0.15, 0.2) is 24.3 Å². The molecule has 1 aromatic carbocycles. The highest BCUT2D eigenvalue weighted by Crippen LogP contribution is 2.39. The van der Waals surface area contributed by atoms with Gasteiger partial charge in [0.25, 0.3) is 0 Å². The van der Waals surface area contributed by atoms with Crippen molar-refractivity contribution < 1.29 is 14.7 Å². The summed E-state index contributed by atoms with van der Waals surface area (Å²) in [5, 5.41) is 9.63. The van der Waals surface area contributed by atoms with Crippen LogP contribution in [-0.2, 0) is 9.59 Å². The smallest absolute Gasteiger partial charge is 0.309 e. The molecule has 0 spiro atoms. The van der Waals surface area contributed by atoms with E-state index in [2.05, 4.69) is 11.9 Å². The molecule has 2 atom stereocenters. The van der Waals surface area contributed by atoms with Crippen molar-refractivity contribution >= 4 is 11.9 Å². The summed E-state index contributed by atoms with van der Waals surface area (Å²) in [4.78, 5) is 28.4. The fraction of sp³-hybridized carbons (Fsp3) is 0.600. The van der Waals surface area contributed by atoms with E-state index in [0.717, 1.165) is 17.7 Å². The van der Waals surface area contributed by atoms with Gasteiger partial charge in [-0.3, -0.25) is 9.59 Å². The lowest BCUT2D eigenvalue weighted by Gasteiger charge is -2.31. The number of nitrogens with zero attached hydrogens (tertiary/aromatic N) is 2. The molecule has 5 heteroatoms. The summed E-state index contributed by atoms with van der Waals surface area (Å²) >= 11 is 0. The monoisotopic (exact) mass is 344 g/mol. The first-order valence-electron chi connectivity index (χ1n) is 9.27. The van der Waals surface area contributed by atoms with Crippen molar-refractivity contribution in [1.82, 2.24) is 9.80 Å². The van der Waals surface area contributed by atoms with Gasteiger partial charge in [-0.05, 0) is 37.9 Å². The van der Waals surface area contributed by atoms with E-state index in [1.54, 1.807) is 4.90 Å². The zero-order valence-corrected chi connectivity index (χ0v) is 15.1. The van der Waals surface area contributed by atoms with Gasteiger partial charge in [-0.25, -0.2) is 0 Å². The predicted octanol–water partition coefficient (Wildman–Crippen LogP) is 2.84. The molecule has 5 nitrogen and oxygen atoms in total. The Balaban J connectivity index is 1.78. The second-order valence-electron chi connectivity index (χ2n) is 7.46. The number of hydrogen-bond acceptors (Lipinski definition) is 3. The number of carboxylic acid groups (broad SMARTS) is 1. The molecule has 2 aliphatic rings. The maximum absolute atomic E-state index is 12.6. The molecule has 3 rings (SSSR count). The zero-order valence-electron chi connectivity index (χ0n) is 15.1. The summed E-state index contributed by atoms with van der Waals surface area (Å²) in [5.41, 5.74) is 2.01. The second-order valence-corrected chi connectivity index (χ2v) is 7.46. The molecule has 1 aromatic rings. The zero-order chi connectivity index (χ0) is 18.0. The molecule has 2 unspecified atom stereocenters. The van der Waals surface area contributed by atoms with E-state index in [1.807, 2.05) is 31.2 Å². The molecule has 1 amide bonds. The molecule has 1 heterocycles. The van der Waals surface area contributed by atoms with Crippen molar-refractivity contribution in [3.05, 3.63) is 35.4 Å². The van der Waals surface area contributed by atoms with Gasteiger partial charge in [-0.1, -0.05) is 37.1 Å². The molecule has 25 heavy (non-hydrogen) atoms. The predicted molar refractivity (Wildman–Crippen MR) is 96.3 cm³/mol. The Hall–Kier alpha value is -1.88. The lowest BCUT2D eigenvalue weighted by atomic mass is 9.91. The van der Waals surface area contributed by atoms with Crippen molar-refractivity contribution in [2.24, 2.45) is 5.92 Å². The normalized spacial score (nSPS) is 24.4. The Bertz CT molecular complexity index is 640. The van der Waals surface area contributed by atoms with Gasteiger partial charge >= 0.3 is 5.97 Å². The Morgan fingerprint density at radius 2 is 1.96 bits per heavy atom. The van der Waals surface area contributed by atoms with Crippen LogP contribution >= 0.6 is 0 Å². The van der Waals surface area contributed by atoms with Crippen LogP contribution in [0.3, 0.4) is 0 Å². The minimum absolute atomic E-state index is 0.0412. The highest BCUT2D eigenvalue weighted by Gasteiger charge is 2.45. The molecular formula is C20H28N2O3. The molecule has 0 radical (unpaired) electrons. The van der Waals surface area contributed by atoms with E-state index in [1.165, 1.54) is 25.7 Å². The summed E-state index contributed by atoms with van der Waals surface area (Å²) in [6.45, 7) is 3.37. The van der Waals surface area contributed by atoms with Crippen LogP contribution in [0.4, 0.5) is 0 Å². The van der Waals surface area contributed by atoms with E-state index < -0.39 is 11.9 Å². The van der Waals surface area contributed by atoms with Gasteiger partial charge in [0.1, 0.15) is 0 Å². The van der Waals surface area contributed by atoms with Crippen LogP contribution in [-0.4, -0.2) is 53.0 Å². The summed E-state index contributed by atoms with van der Waals surface area (Å²) in [6.07, 6.45) is 5.11. The minimum Gasteiger partial charge on any atom is -0.481 e. The van der Waals surface area contributed by atoms with Gasteiger partial charge in [0.15, 0.2) is 0 Å². The number of carbonyl (C=O) groups excluding carboxylic acids is 1. The average molecular weight is 344 g/mol. The first kappa shape index (κ1) is 17.9. The van der Waals surface area contributed by atoms with Crippen LogP contribution in [0.5, 0.6) is 0 Å². The molecule has 1 saturated heterocycles. The summed E-state index contributed by atoms with van der Waals surface area (Å²) in [7, 11) is 2.12. The molecule has 1 N–H and O–H groups in total. The SMILES string of the molecule is Cc1ccccc1C1C(C(=O)O)CC(=O)N1CCN(C)C1CCCC1. The van der Waals surface area contributed by atoms with E-state index in [4.69, 9.17) is 0 Å². The standard InChI is InChI=1S/C20H28N2O3/c1-14-7-3-6-10-16(14)19-17(20(24)25)13-18(23)22(19)12-11-21(2)15-8-4-5-9-15/h3,6-7,10,15,17,19H,4-5,8-9,11-13H2,1-2H3,(H,24,25). The molecular weight excluding hydrogens is 316 g/mol. The largest absolute Gasteiger partial charge is 0.481 e. The Morgan fingerprint density at radius 1 is 1.28 bits per heavy atom. The summed E-state index contributed by atoms with van der Waals surface area (Å²) in [5.74, 6) is -1.58. The number of benzene rings is 1. The van der Waals surface area contributed by atoms with Crippen LogP contribution in [0.25, 0.3) is 0 Å². The maximum atomic E-state index is 12.6. The van der Waals surface area contributed by atoms with Gasteiger partial charge in [-0.15, -0.1) is 0 Å². The molecule has 0 aromatic heterocycles. The minimum atomic E-state index is -0.881. The topological polar surface area (TPSA) is 60.9 Å². The lowest BCUT2D eigenvalue weighted by molar-refractivity contribution is -0.142. The van der Waals surface area contributed by atoms with Crippen molar-refractivity contribution in [3.8, 4) is 0 Å². The van der Waals surface area contributed by atoms with Gasteiger partial charge in [0.2, 0.25) is 5.91 Å². The van der Waals surface area contributed by atoms with Gasteiger partial charge in [-0.2, -0.15) is 0 Å². The maximum Gasteiger partial charge on any atom is 0.309 e. The molecule has 1 saturated carbocycles. The first-order valence-corrected chi connectivity index (χ1v) is 9.27. The number of hydrogen-bond donors (Lipinski definition) is 1. The fourth-order valence-electron chi connectivity index (χ4n) is 4.37. The quantitative estimate of drug-likeness (QED) is 0.862. The fourth-order valence-corrected chi connectivity index (χ4v) is 4.37. The second kappa shape index (κ2) is 7.56. The molecule has 1 aliphatic heterocycles. The number of amides is 1. The van der Waals surface area contributed by atoms with Crippen LogP contribution in [0.1, 0.15) is 49.3 Å². The van der Waals surface area contributed by atoms with E-state index >= 15 is 0 Å². The molecule has 1 aliphatic carbocycles. The number of rotatable bonds is 6. The first-order chi connectivity index (χ1) is 12.0. The molecule has 136 valence electrons. The number of likely N-dealkylation sites (N-methyl/N-ethyl adjacent to an activating group) is 1. The average Bonchev–Trinajstić information content (AvgIpc) is 3.21. The number of aryl methyl sites for hydroxylation is 1. The highest BCUT2D eigenvalue weighted by molar-refractivity contribution is 5.87. The third-order valence-electron chi connectivity index (χ3n) is 5.90. The summed E-state index contributed by atoms with van der Waals surface area (Å²) < 4.78 is 0. The molecule has 0 bridgehead atoms. The van der Waals surface area contributed by atoms with Crippen molar-refractivity contribution in [1.29, 1.82) is 0 Å². The Labute approximate surface area is 149 Å². The van der Waals surface area contributed by atoms with Gasteiger partial charge in [0, 0.05) is 25.6 Å². The third kappa shape index (κ3) is 3.71. The lowest BCUT2D eigenvalue weighted by Crippen LogP contribution is -2.40. The Morgan fingerprint density at radius 3 is 2.60 bits per heavy atom. The number of carbonyl (C=O) groups is 2. The van der Waals surface area contributed by atoms with Gasteiger partial charge in [0.05, 0.1) is 12.0 Å². The van der Waals surface area contributed by atoms with Crippen LogP contribution in [0, 0.1) is 12.8 Å². The van der Waals surface area contributed by atoms with E-state index in [0.29, 0.717) is 12.6 Å². The van der Waals surface area contributed by atoms with E-state index in [-0.39, 0.29) is 18.4 Å². The van der Waals surface area contributed by atoms with Crippen LogP contribution in [0.2, 0.25) is 0 Å². The van der Waals surface area contributed by atoms with Crippen molar-refractivity contribution in [2.45, 2.75) is 51.1 Å². The number of likely N-dealkylation sites (tertiary alicyclic amines) is 1. The number of aliphatic carboxylic acids is 1. The summed E-state index contributed by atoms with van der Waals surface area (Å²) in [6, 6.07) is 8.06. The Kier molecular flexibility index (Phi) is 5.42. The van der Waals surface area contributed by atoms with Crippen molar-refractivity contribution in [2.75, 3.05) is 20.1 Å². The highest BCUT2D eigenvalue weighted by atomic mass is 16.4. The van der Waals surface area contributed by atoms with Gasteiger partial charge < -0.3 is 14.9 Å².